The number of aliphatic hydroxyl groups is 1. The molecular formula is C43H67N11O12S2. The maximum atomic E-state index is 14.4. The molecule has 14 N–H and O–H groups in total. The van der Waals surface area contributed by atoms with Crippen LogP contribution in [0.4, 0.5) is 0 Å². The van der Waals surface area contributed by atoms with E-state index in [0.717, 1.165) is 10.8 Å². The molecule has 0 aromatic heterocycles. The first-order chi connectivity index (χ1) is 32.3. The van der Waals surface area contributed by atoms with E-state index in [4.69, 9.17) is 21.9 Å². The van der Waals surface area contributed by atoms with Gasteiger partial charge in [-0.15, -0.1) is 0 Å². The minimum atomic E-state index is -1.74. The van der Waals surface area contributed by atoms with Crippen LogP contribution in [0.25, 0.3) is 0 Å². The molecule has 10 amide bonds. The number of benzene rings is 1. The monoisotopic (exact) mass is 993 g/mol. The average Bonchev–Trinajstić information content (AvgIpc) is 3.79. The highest BCUT2D eigenvalue weighted by Crippen LogP contribution is 2.26. The van der Waals surface area contributed by atoms with Crippen molar-refractivity contribution in [1.29, 1.82) is 0 Å². The van der Waals surface area contributed by atoms with Crippen LogP contribution in [0.1, 0.15) is 78.2 Å². The van der Waals surface area contributed by atoms with Crippen molar-refractivity contribution in [2.24, 2.45) is 23.1 Å². The van der Waals surface area contributed by atoms with Crippen molar-refractivity contribution in [3.05, 3.63) is 29.8 Å². The van der Waals surface area contributed by atoms with Crippen molar-refractivity contribution >= 4 is 80.7 Å². The molecule has 1 aromatic carbocycles. The Bertz CT molecular complexity index is 1950. The Morgan fingerprint density at radius 3 is 2.15 bits per heavy atom. The molecule has 9 atom stereocenters. The zero-order chi connectivity index (χ0) is 50.5. The minimum Gasteiger partial charge on any atom is -0.494 e. The van der Waals surface area contributed by atoms with E-state index in [1.165, 1.54) is 22.6 Å². The third-order valence-electron chi connectivity index (χ3n) is 11.2. The lowest BCUT2D eigenvalue weighted by Gasteiger charge is -2.31. The number of likely N-dealkylation sites (tertiary alicyclic amines) is 1. The number of amides is 10. The van der Waals surface area contributed by atoms with Crippen molar-refractivity contribution in [2.75, 3.05) is 37.7 Å². The van der Waals surface area contributed by atoms with Gasteiger partial charge in [-0.2, -0.15) is 0 Å². The van der Waals surface area contributed by atoms with Crippen LogP contribution in [0.2, 0.25) is 0 Å². The predicted molar refractivity (Wildman–Crippen MR) is 253 cm³/mol. The molecule has 0 aliphatic carbocycles. The van der Waals surface area contributed by atoms with E-state index in [1.54, 1.807) is 38.1 Å². The molecule has 2 heterocycles. The van der Waals surface area contributed by atoms with E-state index in [-0.39, 0.29) is 50.3 Å². The van der Waals surface area contributed by atoms with Crippen LogP contribution in [0.5, 0.6) is 5.75 Å². The molecular weight excluding hydrogens is 927 g/mol. The molecule has 0 bridgehead atoms. The first-order valence-electron chi connectivity index (χ1n) is 22.6. The van der Waals surface area contributed by atoms with Crippen LogP contribution in [-0.4, -0.2) is 155 Å². The maximum absolute atomic E-state index is 14.4. The average molecular weight is 994 g/mol. The molecule has 0 radical (unpaired) electrons. The van der Waals surface area contributed by atoms with Gasteiger partial charge in [0.1, 0.15) is 48.0 Å². The van der Waals surface area contributed by atoms with Crippen molar-refractivity contribution in [2.45, 2.75) is 127 Å². The van der Waals surface area contributed by atoms with Gasteiger partial charge in [0.15, 0.2) is 0 Å². The van der Waals surface area contributed by atoms with Gasteiger partial charge in [-0.3, -0.25) is 47.9 Å². The van der Waals surface area contributed by atoms with Gasteiger partial charge in [0.2, 0.25) is 59.1 Å². The number of aliphatic hydroxyl groups excluding tert-OH is 1. The number of rotatable bonds is 18. The summed E-state index contributed by atoms with van der Waals surface area (Å²) in [6, 6.07) is -2.62. The minimum absolute atomic E-state index is 0.0243. The lowest BCUT2D eigenvalue weighted by molar-refractivity contribution is -0.142. The van der Waals surface area contributed by atoms with Crippen LogP contribution < -0.4 is 59.2 Å². The Balaban J connectivity index is 1.99. The zero-order valence-corrected chi connectivity index (χ0v) is 40.5. The Labute approximate surface area is 403 Å². The molecule has 378 valence electrons. The summed E-state index contributed by atoms with van der Waals surface area (Å²) in [6.07, 6.45) is -1.05. The number of hydrogen-bond donors (Lipinski definition) is 11. The summed E-state index contributed by atoms with van der Waals surface area (Å²) < 4.78 is 5.53. The molecule has 25 heteroatoms. The number of nitrogens with two attached hydrogens (primary N) is 3. The van der Waals surface area contributed by atoms with Crippen LogP contribution in [0.15, 0.2) is 24.3 Å². The fourth-order valence-corrected chi connectivity index (χ4v) is 9.44. The molecule has 0 spiro atoms. The highest BCUT2D eigenvalue weighted by atomic mass is 33.1. The van der Waals surface area contributed by atoms with E-state index in [0.29, 0.717) is 37.2 Å². The van der Waals surface area contributed by atoms with Gasteiger partial charge < -0.3 is 69.2 Å². The summed E-state index contributed by atoms with van der Waals surface area (Å²) in [5, 5.41) is 28.7. The molecule has 68 heavy (non-hydrogen) atoms. The highest BCUT2D eigenvalue weighted by Gasteiger charge is 2.41. The fourth-order valence-electron chi connectivity index (χ4n) is 7.29. The number of nitrogens with zero attached hydrogens (tertiary/aromatic N) is 1. The standard InChI is InChI=1S/C43H67N11O12S2/c1-5-23(3)35-41(63)53-36(24(4)55)42(64)50-29(20-32(45)56)38(60)51-30(43(65)54-17-8-10-31(54)40(62)49-27(9-7-16-44)37(59)47-21-33(46)57)22-68-67-18-15-34(58)48-28(39(61)52-35)19-25-11-13-26(14-12-25)66-6-2/h11-14,23-24,27-31,35-36,55H,5-10,15-22,44H2,1-4H3,(H2,45,56)(H2,46,57)(H,47,59)(H,48,58)(H,49,62)(H,50,64)(H,51,60)(H,52,61)(H,53,63)/t23-,24+,27-,28?,29?,30-,31-,35-,36-/m0/s1. The van der Waals surface area contributed by atoms with Crippen LogP contribution in [-0.2, 0) is 54.4 Å². The summed E-state index contributed by atoms with van der Waals surface area (Å²) in [6.45, 7) is 6.72. The molecule has 2 fully saturated rings. The highest BCUT2D eigenvalue weighted by molar-refractivity contribution is 8.76. The molecule has 2 aliphatic heterocycles. The second-order valence-electron chi connectivity index (χ2n) is 16.5. The Hall–Kier alpha value is -5.66. The maximum Gasteiger partial charge on any atom is 0.246 e. The zero-order valence-electron chi connectivity index (χ0n) is 38.8. The van der Waals surface area contributed by atoms with Crippen LogP contribution in [0.3, 0.4) is 0 Å². The Kier molecular flexibility index (Phi) is 23.8. The van der Waals surface area contributed by atoms with Crippen LogP contribution >= 0.6 is 21.6 Å². The van der Waals surface area contributed by atoms with Gasteiger partial charge in [-0.05, 0) is 69.7 Å². The number of ether oxygens (including phenoxy) is 1. The van der Waals surface area contributed by atoms with Crippen molar-refractivity contribution in [3.63, 3.8) is 0 Å². The Morgan fingerprint density at radius 2 is 1.53 bits per heavy atom. The third-order valence-corrected chi connectivity index (χ3v) is 13.6. The van der Waals surface area contributed by atoms with E-state index >= 15 is 0 Å². The van der Waals surface area contributed by atoms with Gasteiger partial charge in [0, 0.05) is 30.9 Å². The second kappa shape index (κ2) is 28.6. The first kappa shape index (κ1) is 56.7. The number of primary amides is 2. The lowest BCUT2D eigenvalue weighted by Crippen LogP contribution is -2.63. The summed E-state index contributed by atoms with van der Waals surface area (Å²) in [4.78, 5) is 135. The normalized spacial score (nSPS) is 23.8. The van der Waals surface area contributed by atoms with E-state index in [9.17, 15) is 53.1 Å². The number of carbonyl (C=O) groups is 10. The van der Waals surface area contributed by atoms with E-state index in [2.05, 4.69) is 37.2 Å². The van der Waals surface area contributed by atoms with Gasteiger partial charge in [-0.25, -0.2) is 0 Å². The molecule has 0 saturated carbocycles. The third kappa shape index (κ3) is 18.1. The summed E-state index contributed by atoms with van der Waals surface area (Å²) in [5.74, 6) is -8.07. The van der Waals surface area contributed by atoms with Crippen molar-refractivity contribution in [3.8, 4) is 5.75 Å². The van der Waals surface area contributed by atoms with E-state index < -0.39 is 126 Å². The Morgan fingerprint density at radius 1 is 0.868 bits per heavy atom. The number of hydrogen-bond acceptors (Lipinski definition) is 15. The summed E-state index contributed by atoms with van der Waals surface area (Å²) in [7, 11) is 2.27. The number of carbonyl (C=O) groups excluding carboxylic acids is 10. The quantitative estimate of drug-likeness (QED) is 0.0652. The largest absolute Gasteiger partial charge is 0.494 e. The predicted octanol–water partition coefficient (Wildman–Crippen LogP) is -3.04. The topological polar surface area (TPSA) is 366 Å². The molecule has 3 rings (SSSR count). The lowest BCUT2D eigenvalue weighted by atomic mass is 9.96. The molecule has 23 nitrogen and oxygen atoms in total. The van der Waals surface area contributed by atoms with Crippen LogP contribution in [0, 0.1) is 5.92 Å². The molecule has 2 aliphatic rings. The summed E-state index contributed by atoms with van der Waals surface area (Å²) in [5.41, 5.74) is 17.0. The molecule has 2 saturated heterocycles. The summed E-state index contributed by atoms with van der Waals surface area (Å²) >= 11 is 0. The smallest absolute Gasteiger partial charge is 0.246 e. The van der Waals surface area contributed by atoms with Crippen molar-refractivity contribution < 1.29 is 57.8 Å². The number of nitrogens with one attached hydrogen (secondary N) is 7. The van der Waals surface area contributed by atoms with Gasteiger partial charge >= 0.3 is 0 Å². The molecule has 1 aromatic rings. The first-order valence-corrected chi connectivity index (χ1v) is 25.1. The van der Waals surface area contributed by atoms with Gasteiger partial charge in [-0.1, -0.05) is 54.0 Å². The fraction of sp³-hybridized carbons (Fsp3) is 0.628. The SMILES string of the molecule is CCOc1ccc(CC2NC(=O)CCSSC[C@@H](C(=O)N3CCC[C@H]3C(=O)N[C@@H](CCCN)C(=O)NCC(N)=O)NC(=O)C(CC(N)=O)NC(=O)[C@H]([C@@H](C)O)NC(=O)[C@H]([C@@H](C)CC)NC2=O)cc1. The van der Waals surface area contributed by atoms with Crippen molar-refractivity contribution in [1.82, 2.24) is 42.1 Å². The van der Waals surface area contributed by atoms with Gasteiger partial charge in [0.25, 0.3) is 0 Å². The van der Waals surface area contributed by atoms with Gasteiger partial charge in [0.05, 0.1) is 25.7 Å². The molecule has 2 unspecified atom stereocenters. The van der Waals surface area contributed by atoms with E-state index in [1.807, 2.05) is 6.92 Å². The second-order valence-corrected chi connectivity index (χ2v) is 19.1.